The van der Waals surface area contributed by atoms with Gasteiger partial charge in [-0.1, -0.05) is 58.5 Å². The van der Waals surface area contributed by atoms with Crippen molar-refractivity contribution in [1.82, 2.24) is 18.9 Å². The SMILES string of the molecule is COC(=O)c1cccc(Cl)c1Cl.Cc1cc2cc(C(=O)c3cccc(Cl)c3Cl)sc2n1CCN1CCOCC1.Cc1cc2ccsc2n1CCN1CCOCC1.[2H-].[F-]. The van der Waals surface area contributed by atoms with Crippen molar-refractivity contribution in [3.8, 4) is 0 Å². The van der Waals surface area contributed by atoms with E-state index in [0.29, 0.717) is 25.5 Å². The highest BCUT2D eigenvalue weighted by atomic mass is 35.5. The van der Waals surface area contributed by atoms with Crippen molar-refractivity contribution in [3.63, 3.8) is 0 Å². The number of nitrogens with zero attached hydrogens (tertiary/aromatic N) is 4. The summed E-state index contributed by atoms with van der Waals surface area (Å²) in [6, 6.07) is 18.5. The van der Waals surface area contributed by atoms with Crippen LogP contribution in [0.15, 0.2) is 66.0 Å². The number of carbonyl (C=O) groups excluding carboxylic acids is 2. The smallest absolute Gasteiger partial charge is 0.339 e. The first-order valence-electron chi connectivity index (χ1n) is 18.3. The molecule has 2 fully saturated rings. The normalized spacial score (nSPS) is 14.7. The van der Waals surface area contributed by atoms with Crippen LogP contribution in [0.1, 0.15) is 38.4 Å². The first-order valence-corrected chi connectivity index (χ1v) is 21.5. The number of morpholine rings is 2. The van der Waals surface area contributed by atoms with Gasteiger partial charge in [0, 0.05) is 80.1 Å². The minimum Gasteiger partial charge on any atom is -1.00 e. The number of aromatic nitrogens is 2. The van der Waals surface area contributed by atoms with Gasteiger partial charge in [-0.3, -0.25) is 14.6 Å². The first-order chi connectivity index (χ1) is 27.0. The van der Waals surface area contributed by atoms with Crippen molar-refractivity contribution < 1.29 is 29.9 Å². The lowest BCUT2D eigenvalue weighted by molar-refractivity contribution is -0.0000354. The van der Waals surface area contributed by atoms with Gasteiger partial charge in [-0.25, -0.2) is 4.79 Å². The fourth-order valence-electron chi connectivity index (χ4n) is 6.66. The zero-order chi connectivity index (χ0) is 39.8. The third-order valence-corrected chi connectivity index (χ3v) is 13.5. The minimum absolute atomic E-state index is 0. The van der Waals surface area contributed by atoms with Gasteiger partial charge in [-0.15, -0.1) is 22.7 Å². The fraction of sp³-hybridized carbons (Fsp3) is 0.366. The second-order valence-electron chi connectivity index (χ2n) is 13.4. The molecule has 0 N–H and O–H groups in total. The summed E-state index contributed by atoms with van der Waals surface area (Å²) in [7, 11) is 1.29. The molecule has 0 bridgehead atoms. The molecule has 0 aliphatic carbocycles. The second kappa shape index (κ2) is 21.3. The van der Waals surface area contributed by atoms with Crippen LogP contribution in [-0.2, 0) is 27.3 Å². The Kier molecular flexibility index (Phi) is 16.9. The van der Waals surface area contributed by atoms with Crippen molar-refractivity contribution in [2.24, 2.45) is 0 Å². The number of methoxy groups -OCH3 is 1. The van der Waals surface area contributed by atoms with Crippen LogP contribution in [0.25, 0.3) is 20.4 Å². The lowest BCUT2D eigenvalue weighted by atomic mass is 10.1. The number of halogens is 5. The average molecular weight is 900 g/mol. The number of hydrogen-bond donors (Lipinski definition) is 0. The Balaban J connectivity index is 0.000000206. The third kappa shape index (κ3) is 11.2. The van der Waals surface area contributed by atoms with E-state index in [0.717, 1.165) is 89.0 Å². The van der Waals surface area contributed by atoms with Gasteiger partial charge in [-0.05, 0) is 67.8 Å². The van der Waals surface area contributed by atoms with Gasteiger partial charge in [0.15, 0.2) is 0 Å². The molecule has 0 unspecified atom stereocenters. The molecule has 0 saturated carbocycles. The largest absolute Gasteiger partial charge is 1.00 e. The zero-order valence-corrected chi connectivity index (χ0v) is 36.5. The Morgan fingerprint density at radius 3 is 1.77 bits per heavy atom. The molecule has 2 aliphatic heterocycles. The summed E-state index contributed by atoms with van der Waals surface area (Å²) in [6.07, 6.45) is 0. The highest BCUT2D eigenvalue weighted by Gasteiger charge is 2.20. The molecule has 0 radical (unpaired) electrons. The fourth-order valence-corrected chi connectivity index (χ4v) is 9.57. The highest BCUT2D eigenvalue weighted by Crippen LogP contribution is 2.34. The van der Waals surface area contributed by atoms with Gasteiger partial charge in [-0.2, -0.15) is 0 Å². The quantitative estimate of drug-likeness (QED) is 0.113. The van der Waals surface area contributed by atoms with Crippen molar-refractivity contribution in [3.05, 3.63) is 114 Å². The molecule has 0 spiro atoms. The zero-order valence-electron chi connectivity index (χ0n) is 32.9. The van der Waals surface area contributed by atoms with E-state index in [2.05, 4.69) is 61.1 Å². The van der Waals surface area contributed by atoms with Crippen molar-refractivity contribution >= 4 is 101 Å². The number of fused-ring (bicyclic) bond motifs is 2. The van der Waals surface area contributed by atoms with E-state index in [9.17, 15) is 9.59 Å². The van der Waals surface area contributed by atoms with Gasteiger partial charge in [0.25, 0.3) is 0 Å². The number of thiophene rings is 2. The van der Waals surface area contributed by atoms with Crippen LogP contribution < -0.4 is 4.70 Å². The molecule has 57 heavy (non-hydrogen) atoms. The highest BCUT2D eigenvalue weighted by molar-refractivity contribution is 7.20. The van der Waals surface area contributed by atoms with E-state index < -0.39 is 5.97 Å². The van der Waals surface area contributed by atoms with Crippen LogP contribution in [0.2, 0.25) is 20.1 Å². The van der Waals surface area contributed by atoms with E-state index >= 15 is 0 Å². The van der Waals surface area contributed by atoms with E-state index in [1.807, 2.05) is 17.4 Å². The number of ether oxygens (including phenoxy) is 3. The first kappa shape index (κ1) is 45.1. The van der Waals surface area contributed by atoms with E-state index in [1.165, 1.54) is 40.1 Å². The van der Waals surface area contributed by atoms with Crippen molar-refractivity contribution in [1.29, 1.82) is 0 Å². The van der Waals surface area contributed by atoms with Crippen molar-refractivity contribution in [2.45, 2.75) is 26.9 Å². The van der Waals surface area contributed by atoms with Gasteiger partial charge >= 0.3 is 5.97 Å². The maximum Gasteiger partial charge on any atom is 0.339 e. The predicted molar refractivity (Wildman–Crippen MR) is 232 cm³/mol. The number of carbonyl (C=O) groups is 2. The Morgan fingerprint density at radius 2 is 1.21 bits per heavy atom. The second-order valence-corrected chi connectivity index (χ2v) is 16.9. The average Bonchev–Trinajstić information content (AvgIpc) is 3.97. The topological polar surface area (TPSA) is 78.2 Å². The third-order valence-electron chi connectivity index (χ3n) is 9.75. The molecule has 2 aromatic carbocycles. The summed E-state index contributed by atoms with van der Waals surface area (Å²) in [5, 5.41) is 5.94. The van der Waals surface area contributed by atoms with Gasteiger partial charge in [0.2, 0.25) is 5.78 Å². The summed E-state index contributed by atoms with van der Waals surface area (Å²) in [5.74, 6) is -0.566. The molecule has 6 heterocycles. The Hall–Kier alpha value is -3.01. The van der Waals surface area contributed by atoms with E-state index in [-0.39, 0.29) is 22.5 Å². The molecular weight excluding hydrogens is 853 g/mol. The molecule has 9 nitrogen and oxygen atoms in total. The van der Waals surface area contributed by atoms with E-state index in [1.54, 1.807) is 36.4 Å². The van der Waals surface area contributed by atoms with Gasteiger partial charge < -0.3 is 29.5 Å². The number of hydrogen-bond acceptors (Lipinski definition) is 9. The molecule has 0 atom stereocenters. The molecule has 2 aliphatic rings. The van der Waals surface area contributed by atoms with Crippen LogP contribution in [0.4, 0.5) is 0 Å². The summed E-state index contributed by atoms with van der Waals surface area (Å²) in [4.78, 5) is 32.1. The molecular formula is C41H45Cl4FN4O5S2-2. The number of aryl methyl sites for hydroxylation is 2. The summed E-state index contributed by atoms with van der Waals surface area (Å²) < 4.78 is 20.0. The molecule has 8 rings (SSSR count). The standard InChI is InChI=1S/C20H20Cl2N2O2S.C13H18N2OS.C8H6Cl2O2.FH.H/c1-13-11-14-12-17(19(25)15-3-2-4-16(21)18(15)22)27-20(14)24(13)6-5-23-7-9-26-10-8-23;1-11-10-12-2-9-17-13(12)15(11)4-3-14-5-7-16-8-6-14;1-12-8(11)5-3-2-4-6(9)7(5)10;;/h2-4,11-12H,5-10H2,1H3;2,9-10H,3-8H2,1H3;2-4H,1H3;1H;/q;;;;-1/p-1/i;;;;1+1. The van der Waals surface area contributed by atoms with Crippen LogP contribution in [-0.4, -0.2) is 103 Å². The number of rotatable bonds is 9. The molecule has 0 amide bonds. The number of esters is 1. The molecule has 2 saturated heterocycles. The Morgan fingerprint density at radius 1 is 0.702 bits per heavy atom. The molecule has 16 heteroatoms. The molecule has 6 aromatic rings. The summed E-state index contributed by atoms with van der Waals surface area (Å²) >= 11 is 27.1. The predicted octanol–water partition coefficient (Wildman–Crippen LogP) is 7.12. The van der Waals surface area contributed by atoms with Crippen LogP contribution in [0.3, 0.4) is 0 Å². The van der Waals surface area contributed by atoms with Gasteiger partial charge in [0.1, 0.15) is 9.66 Å². The summed E-state index contributed by atoms with van der Waals surface area (Å²) in [6.45, 7) is 15.9. The Bertz CT molecular complexity index is 2280. The summed E-state index contributed by atoms with van der Waals surface area (Å²) in [5.41, 5.74) is 3.32. The lowest BCUT2D eigenvalue weighted by Crippen LogP contribution is -3.00. The van der Waals surface area contributed by atoms with E-state index in [4.69, 9.17) is 55.9 Å². The maximum absolute atomic E-state index is 12.9. The Labute approximate surface area is 361 Å². The number of benzene rings is 2. The minimum atomic E-state index is -0.484. The monoisotopic (exact) mass is 897 g/mol. The van der Waals surface area contributed by atoms with Gasteiger partial charge in [0.05, 0.1) is 64.1 Å². The van der Waals surface area contributed by atoms with Crippen LogP contribution in [0, 0.1) is 13.8 Å². The molecule has 4 aromatic heterocycles. The maximum atomic E-state index is 12.9. The lowest BCUT2D eigenvalue weighted by Gasteiger charge is -2.26. The van der Waals surface area contributed by atoms with Crippen LogP contribution >= 0.6 is 69.1 Å². The molecule has 308 valence electrons. The van der Waals surface area contributed by atoms with Crippen LogP contribution in [0.5, 0.6) is 0 Å². The van der Waals surface area contributed by atoms with Crippen molar-refractivity contribution in [2.75, 3.05) is 72.8 Å². The number of ketones is 1.